The van der Waals surface area contributed by atoms with Crippen molar-refractivity contribution in [1.82, 2.24) is 0 Å². The van der Waals surface area contributed by atoms with Crippen LogP contribution in [0, 0.1) is 58.6 Å². The number of fused-ring (bicyclic) bond motifs is 2. The molecule has 434 valence electrons. The highest BCUT2D eigenvalue weighted by atomic mass is 16.6. The van der Waals surface area contributed by atoms with Crippen molar-refractivity contribution in [2.75, 3.05) is 18.0 Å². The van der Waals surface area contributed by atoms with Crippen LogP contribution in [0.4, 0.5) is 11.4 Å². The molecule has 0 spiro atoms. The van der Waals surface area contributed by atoms with E-state index in [9.17, 15) is 10.1 Å². The summed E-state index contributed by atoms with van der Waals surface area (Å²) >= 11 is 0. The van der Waals surface area contributed by atoms with E-state index in [-0.39, 0.29) is 5.69 Å². The van der Waals surface area contributed by atoms with Gasteiger partial charge in [0.05, 0.1) is 4.92 Å². The summed E-state index contributed by atoms with van der Waals surface area (Å²) in [5.74, 6) is 2.60. The number of piperidine rings is 1. The number of aryl methyl sites for hydroxylation is 7. The number of para-hydroxylation sites is 1. The number of anilines is 1. The molecule has 0 bridgehead atoms. The number of nitro benzene ring substituents is 1. The summed E-state index contributed by atoms with van der Waals surface area (Å²) in [6.45, 7) is 17.0. The largest absolute Gasteiger partial charge is 0.457 e. The van der Waals surface area contributed by atoms with E-state index in [1.807, 2.05) is 79.7 Å². The number of hydrogen-bond donors (Lipinski definition) is 0. The van der Waals surface area contributed by atoms with Gasteiger partial charge in [-0.1, -0.05) is 271 Å². The molecule has 85 heavy (non-hydrogen) atoms. The van der Waals surface area contributed by atoms with E-state index in [1.165, 1.54) is 148 Å². The van der Waals surface area contributed by atoms with Gasteiger partial charge in [0.25, 0.3) is 5.69 Å². The summed E-state index contributed by atoms with van der Waals surface area (Å²) in [7, 11) is 0. The molecule has 2 fully saturated rings. The Kier molecular flexibility index (Phi) is 25.8. The number of rotatable bonds is 6. The Morgan fingerprint density at radius 3 is 1.26 bits per heavy atom. The molecule has 5 nitrogen and oxygen atoms in total. The van der Waals surface area contributed by atoms with Gasteiger partial charge in [0, 0.05) is 30.9 Å². The maximum absolute atomic E-state index is 10.1. The molecule has 5 heteroatoms. The maximum atomic E-state index is 10.1. The quantitative estimate of drug-likeness (QED) is 0.123. The van der Waals surface area contributed by atoms with Crippen LogP contribution in [0.15, 0.2) is 267 Å². The van der Waals surface area contributed by atoms with E-state index < -0.39 is 4.92 Å². The predicted molar refractivity (Wildman–Crippen MR) is 364 cm³/mol. The van der Waals surface area contributed by atoms with Gasteiger partial charge in [-0.05, 0) is 167 Å². The number of benzene rings is 11. The first-order valence-electron chi connectivity index (χ1n) is 30.3. The Bertz CT molecular complexity index is 3580. The first-order valence-corrected chi connectivity index (χ1v) is 30.3. The molecule has 2 aliphatic rings. The van der Waals surface area contributed by atoms with Gasteiger partial charge in [-0.25, -0.2) is 0 Å². The van der Waals surface area contributed by atoms with Crippen LogP contribution >= 0.6 is 0 Å². The monoisotopic (exact) mass is 1120 g/mol. The van der Waals surface area contributed by atoms with E-state index >= 15 is 0 Å². The zero-order valence-electron chi connectivity index (χ0n) is 51.2. The zero-order valence-corrected chi connectivity index (χ0v) is 51.2. The standard InChI is InChI=1S/C17H14.C13H12O.C13H18.C12H17N.C11H10.C7H7NO2.C7H8/c1-13-6-8-15(9-7-13)17-11-10-14-4-2-3-5-16(14)12-17;1-11-7-9-13(10-8-11)14-12-5-3-2-4-6-12;1-11-7-9-13(10-8-11)12-5-3-2-4-6-12;1-11-5-7-12(8-6-11)13-9-3-2-4-10-13;1-9-6-7-10-4-2-3-5-11(10)8-9;1-6-2-4-7(5-3-6)8(9)10;1-7-5-3-2-4-6-7/h2-12H,1H3;2-10H,1H3;7-10,12H,2-6H2,1H3;5-8H,2-4,9-10H2,1H3;2-8H,1H3;2-5H,1H3;2-6H,1H3. The Hall–Kier alpha value is -9.06. The SMILES string of the molecule is Cc1ccc(-c2ccc3ccccc3c2)cc1.Cc1ccc(C2CCCCC2)cc1.Cc1ccc(N2CCCCC2)cc1.Cc1ccc(Oc2ccccc2)cc1.Cc1ccc([N+](=O)[O-])cc1.Cc1ccc2ccccc2c1.Cc1ccccc1. The van der Waals surface area contributed by atoms with Gasteiger partial charge in [-0.2, -0.15) is 0 Å². The lowest BCUT2D eigenvalue weighted by atomic mass is 9.84. The summed E-state index contributed by atoms with van der Waals surface area (Å²) in [5, 5.41) is 15.4. The van der Waals surface area contributed by atoms with Crippen molar-refractivity contribution in [2.24, 2.45) is 0 Å². The van der Waals surface area contributed by atoms with E-state index in [0.717, 1.165) is 23.0 Å². The molecule has 1 saturated heterocycles. The number of nitro groups is 1. The third-order valence-electron chi connectivity index (χ3n) is 15.1. The third-order valence-corrected chi connectivity index (χ3v) is 15.1. The van der Waals surface area contributed by atoms with Crippen molar-refractivity contribution < 1.29 is 9.66 Å². The first-order chi connectivity index (χ1) is 41.3. The molecule has 1 aliphatic heterocycles. The summed E-state index contributed by atoms with van der Waals surface area (Å²) in [5.41, 5.74) is 14.6. The zero-order chi connectivity index (χ0) is 60.0. The van der Waals surface area contributed by atoms with E-state index in [4.69, 9.17) is 4.74 Å². The van der Waals surface area contributed by atoms with Crippen LogP contribution in [0.5, 0.6) is 11.5 Å². The molecule has 0 N–H and O–H groups in total. The number of hydrogen-bond acceptors (Lipinski definition) is 4. The number of nitrogens with zero attached hydrogens (tertiary/aromatic N) is 2. The Morgan fingerprint density at radius 2 is 0.741 bits per heavy atom. The molecule has 0 radical (unpaired) electrons. The molecule has 1 aliphatic carbocycles. The average molecular weight is 1120 g/mol. The summed E-state index contributed by atoms with van der Waals surface area (Å²) in [6.07, 6.45) is 11.2. The van der Waals surface area contributed by atoms with Crippen molar-refractivity contribution in [3.63, 3.8) is 0 Å². The van der Waals surface area contributed by atoms with Gasteiger partial charge in [0.1, 0.15) is 11.5 Å². The van der Waals surface area contributed by atoms with Crippen LogP contribution in [0.2, 0.25) is 0 Å². The van der Waals surface area contributed by atoms with Crippen LogP contribution in [0.3, 0.4) is 0 Å². The van der Waals surface area contributed by atoms with Crippen LogP contribution in [-0.4, -0.2) is 18.0 Å². The average Bonchev–Trinajstić information content (AvgIpc) is 3.68. The normalized spacial score (nSPS) is 12.4. The van der Waals surface area contributed by atoms with Crippen LogP contribution in [-0.2, 0) is 0 Å². The molecular weight excluding hydrogens is 1040 g/mol. The molecule has 1 heterocycles. The second kappa shape index (κ2) is 34.5. The fraction of sp³-hybridized carbons (Fsp3) is 0.225. The Labute approximate surface area is 507 Å². The van der Waals surface area contributed by atoms with Gasteiger partial charge in [-0.3, -0.25) is 10.1 Å². The molecule has 11 aromatic rings. The minimum Gasteiger partial charge on any atom is -0.457 e. The number of non-ortho nitro benzene ring substituents is 1. The van der Waals surface area contributed by atoms with Crippen LogP contribution in [0.25, 0.3) is 32.7 Å². The minimum absolute atomic E-state index is 0.144. The highest BCUT2D eigenvalue weighted by molar-refractivity contribution is 5.87. The van der Waals surface area contributed by atoms with Crippen molar-refractivity contribution in [3.8, 4) is 22.6 Å². The van der Waals surface area contributed by atoms with E-state index in [2.05, 4.69) is 216 Å². The van der Waals surface area contributed by atoms with E-state index in [0.29, 0.717) is 0 Å². The lowest BCUT2D eigenvalue weighted by Gasteiger charge is -2.28. The molecule has 0 aromatic heterocycles. The summed E-state index contributed by atoms with van der Waals surface area (Å²) in [6, 6.07) is 91.2. The topological polar surface area (TPSA) is 55.6 Å². The molecule has 13 rings (SSSR count). The lowest BCUT2D eigenvalue weighted by molar-refractivity contribution is -0.384. The molecule has 0 amide bonds. The maximum Gasteiger partial charge on any atom is 0.269 e. The second-order valence-electron chi connectivity index (χ2n) is 22.4. The van der Waals surface area contributed by atoms with Gasteiger partial charge in [-0.15, -0.1) is 0 Å². The van der Waals surface area contributed by atoms with Gasteiger partial charge < -0.3 is 9.64 Å². The third kappa shape index (κ3) is 22.6. The van der Waals surface area contributed by atoms with Crippen molar-refractivity contribution in [3.05, 3.63) is 322 Å². The highest BCUT2D eigenvalue weighted by Crippen LogP contribution is 2.33. The lowest BCUT2D eigenvalue weighted by Crippen LogP contribution is -2.29. The molecule has 0 unspecified atom stereocenters. The van der Waals surface area contributed by atoms with Crippen LogP contribution in [0.1, 0.15) is 102 Å². The van der Waals surface area contributed by atoms with Crippen molar-refractivity contribution in [1.29, 1.82) is 0 Å². The predicted octanol–water partition coefficient (Wildman–Crippen LogP) is 22.7. The minimum atomic E-state index is -0.403. The van der Waals surface area contributed by atoms with Crippen LogP contribution < -0.4 is 9.64 Å². The fourth-order valence-corrected chi connectivity index (χ4v) is 10.0. The molecule has 11 aromatic carbocycles. The number of ether oxygens (including phenoxy) is 1. The summed E-state index contributed by atoms with van der Waals surface area (Å²) in [4.78, 5) is 12.2. The smallest absolute Gasteiger partial charge is 0.269 e. The summed E-state index contributed by atoms with van der Waals surface area (Å²) < 4.78 is 5.63. The second-order valence-corrected chi connectivity index (χ2v) is 22.4. The fourth-order valence-electron chi connectivity index (χ4n) is 10.0. The van der Waals surface area contributed by atoms with Gasteiger partial charge in [0.2, 0.25) is 0 Å². The van der Waals surface area contributed by atoms with Gasteiger partial charge >= 0.3 is 0 Å². The molecule has 0 atom stereocenters. The first kappa shape index (κ1) is 63.5. The van der Waals surface area contributed by atoms with Crippen molar-refractivity contribution in [2.45, 2.75) is 106 Å². The molecular formula is C80H86N2O3. The van der Waals surface area contributed by atoms with Crippen molar-refractivity contribution >= 4 is 32.9 Å². The molecule has 1 saturated carbocycles. The Morgan fingerprint density at radius 1 is 0.353 bits per heavy atom. The highest BCUT2D eigenvalue weighted by Gasteiger charge is 2.15. The van der Waals surface area contributed by atoms with E-state index in [1.54, 1.807) is 17.7 Å². The Balaban J connectivity index is 0.000000144. The van der Waals surface area contributed by atoms with Gasteiger partial charge in [0.15, 0.2) is 0 Å².